The van der Waals surface area contributed by atoms with E-state index in [0.29, 0.717) is 0 Å². The summed E-state index contributed by atoms with van der Waals surface area (Å²) in [7, 11) is -4.29. The van der Waals surface area contributed by atoms with Gasteiger partial charge in [0.1, 0.15) is 0 Å². The highest BCUT2D eigenvalue weighted by molar-refractivity contribution is 7.89. The number of primary sulfonamides is 1. The molecule has 15 heavy (non-hydrogen) atoms. The Kier molecular flexibility index (Phi) is 4.94. The van der Waals surface area contributed by atoms with Crippen molar-refractivity contribution in [2.24, 2.45) is 5.14 Å². The van der Waals surface area contributed by atoms with E-state index in [1.54, 1.807) is 0 Å². The number of hydrogen-bond donors (Lipinski definition) is 4. The Bertz CT molecular complexity index is 492. The van der Waals surface area contributed by atoms with Crippen molar-refractivity contribution in [3.63, 3.8) is 0 Å². The lowest BCUT2D eigenvalue weighted by molar-refractivity contribution is 0.433. The van der Waals surface area contributed by atoms with Crippen LogP contribution in [0.1, 0.15) is 0 Å². The van der Waals surface area contributed by atoms with Crippen molar-refractivity contribution in [1.29, 1.82) is 0 Å². The van der Waals surface area contributed by atoms with Gasteiger partial charge in [0, 0.05) is 0 Å². The zero-order valence-electron chi connectivity index (χ0n) is 7.18. The Morgan fingerprint density at radius 3 is 2.13 bits per heavy atom. The van der Waals surface area contributed by atoms with E-state index in [1.807, 2.05) is 4.98 Å². The van der Waals surface area contributed by atoms with E-state index in [4.69, 9.17) is 10.8 Å². The number of rotatable bonds is 1. The van der Waals surface area contributed by atoms with Gasteiger partial charge in [-0.25, -0.2) is 13.6 Å². The minimum Gasteiger partial charge on any atom is -0.492 e. The highest BCUT2D eigenvalue weighted by atomic mass is 32.2. The molecule has 1 aromatic rings. The number of aromatic nitrogens is 2. The van der Waals surface area contributed by atoms with Crippen LogP contribution in [-0.2, 0) is 10.0 Å². The lowest BCUT2D eigenvalue weighted by atomic mass is 10.6. The summed E-state index contributed by atoms with van der Waals surface area (Å²) >= 11 is 0. The van der Waals surface area contributed by atoms with E-state index in [-0.39, 0.29) is 11.0 Å². The maximum Gasteiger partial charge on any atom is 0.276 e. The molecule has 0 amide bonds. The summed E-state index contributed by atoms with van der Waals surface area (Å²) in [6.45, 7) is 0. The second kappa shape index (κ2) is 4.70. The second-order valence-corrected chi connectivity index (χ2v) is 3.65. The predicted octanol–water partition coefficient (Wildman–Crippen LogP) is -3.94. The molecule has 0 saturated carbocycles. The van der Waals surface area contributed by atoms with Crippen molar-refractivity contribution in [1.82, 2.24) is 9.97 Å². The molecule has 0 aliphatic carbocycles. The Morgan fingerprint density at radius 2 is 1.80 bits per heavy atom. The highest BCUT2D eigenvalue weighted by Gasteiger charge is 2.20. The fourth-order valence-electron chi connectivity index (χ4n) is 0.724. The van der Waals surface area contributed by atoms with Crippen LogP contribution in [0.25, 0.3) is 0 Å². The van der Waals surface area contributed by atoms with E-state index in [1.165, 1.54) is 0 Å². The molecule has 1 heterocycles. The third-order valence-electron chi connectivity index (χ3n) is 1.16. The Hall–Kier alpha value is -1.69. The molecule has 11 heteroatoms. The van der Waals surface area contributed by atoms with Crippen LogP contribution in [0.2, 0.25) is 0 Å². The molecule has 1 rings (SSSR count). The first-order chi connectivity index (χ1) is 5.82. The van der Waals surface area contributed by atoms with Gasteiger partial charge in [0.15, 0.2) is 0 Å². The van der Waals surface area contributed by atoms with Crippen molar-refractivity contribution in [2.45, 2.75) is 4.90 Å². The van der Waals surface area contributed by atoms with E-state index in [9.17, 15) is 13.2 Å². The standard InChI is InChI=1S/C4H6N4O4S.2H2O/c5-4-7-2(9)1(3(10)8-4)13(6,11)12;;/h(H2,6,11,12)(H4,5,7,8,9,10);2*1H2. The van der Waals surface area contributed by atoms with Gasteiger partial charge in [0.05, 0.1) is 0 Å². The maximum absolute atomic E-state index is 10.9. The molecular formula is C4H10N4O6S. The molecule has 0 bridgehead atoms. The van der Waals surface area contributed by atoms with Gasteiger partial charge in [-0.1, -0.05) is 0 Å². The highest BCUT2D eigenvalue weighted by Crippen LogP contribution is 2.12. The summed E-state index contributed by atoms with van der Waals surface area (Å²) in [5.41, 5.74) is 3.91. The molecule has 10 nitrogen and oxygen atoms in total. The molecule has 88 valence electrons. The number of anilines is 1. The van der Waals surface area contributed by atoms with Crippen molar-refractivity contribution in [3.8, 4) is 5.88 Å². The normalized spacial score (nSPS) is 9.93. The molecule has 0 spiro atoms. The van der Waals surface area contributed by atoms with Crippen molar-refractivity contribution in [3.05, 3.63) is 10.4 Å². The number of nitrogens with zero attached hydrogens (tertiary/aromatic N) is 1. The van der Waals surface area contributed by atoms with Gasteiger partial charge in [-0.2, -0.15) is 4.98 Å². The number of aromatic hydroxyl groups is 1. The van der Waals surface area contributed by atoms with Crippen LogP contribution in [0.4, 0.5) is 5.95 Å². The van der Waals surface area contributed by atoms with Gasteiger partial charge < -0.3 is 21.8 Å². The van der Waals surface area contributed by atoms with E-state index < -0.39 is 32.3 Å². The second-order valence-electron chi connectivity index (χ2n) is 2.15. The largest absolute Gasteiger partial charge is 0.492 e. The number of H-pyrrole nitrogens is 1. The minimum absolute atomic E-state index is 0. The molecule has 0 aliphatic rings. The smallest absolute Gasteiger partial charge is 0.276 e. The average Bonchev–Trinajstić information content (AvgIpc) is 1.78. The van der Waals surface area contributed by atoms with Gasteiger partial charge in [0.2, 0.25) is 26.7 Å². The van der Waals surface area contributed by atoms with E-state index in [2.05, 4.69) is 10.1 Å². The Morgan fingerprint density at radius 1 is 1.33 bits per heavy atom. The van der Waals surface area contributed by atoms with Crippen LogP contribution in [0.3, 0.4) is 0 Å². The monoisotopic (exact) mass is 242 g/mol. The first-order valence-electron chi connectivity index (χ1n) is 2.94. The number of hydrogen-bond acceptors (Lipinski definition) is 6. The number of aromatic amines is 1. The molecular weight excluding hydrogens is 232 g/mol. The molecule has 0 radical (unpaired) electrons. The summed E-state index contributed by atoms with van der Waals surface area (Å²) in [6.07, 6.45) is 0. The third-order valence-corrected chi connectivity index (χ3v) is 2.10. The van der Waals surface area contributed by atoms with Gasteiger partial charge in [-0.3, -0.25) is 9.78 Å². The molecule has 0 saturated heterocycles. The summed E-state index contributed by atoms with van der Waals surface area (Å²) in [5.74, 6) is -1.40. The van der Waals surface area contributed by atoms with Gasteiger partial charge >= 0.3 is 0 Å². The van der Waals surface area contributed by atoms with Gasteiger partial charge in [0.25, 0.3) is 5.56 Å². The predicted molar refractivity (Wildman–Crippen MR) is 49.5 cm³/mol. The Labute approximate surface area is 83.2 Å². The van der Waals surface area contributed by atoms with E-state index >= 15 is 0 Å². The molecule has 0 atom stereocenters. The zero-order chi connectivity index (χ0) is 10.2. The van der Waals surface area contributed by atoms with E-state index in [0.717, 1.165) is 0 Å². The van der Waals surface area contributed by atoms with Gasteiger partial charge in [-0.15, -0.1) is 0 Å². The van der Waals surface area contributed by atoms with Crippen LogP contribution in [0.15, 0.2) is 9.69 Å². The van der Waals surface area contributed by atoms with Crippen LogP contribution >= 0.6 is 0 Å². The van der Waals surface area contributed by atoms with Crippen LogP contribution < -0.4 is 16.4 Å². The summed E-state index contributed by atoms with van der Waals surface area (Å²) in [4.78, 5) is 14.9. The summed E-state index contributed by atoms with van der Waals surface area (Å²) in [6, 6.07) is 0. The molecule has 0 aliphatic heterocycles. The summed E-state index contributed by atoms with van der Waals surface area (Å²) < 4.78 is 21.4. The van der Waals surface area contributed by atoms with Crippen LogP contribution in [0.5, 0.6) is 5.88 Å². The fraction of sp³-hybridized carbons (Fsp3) is 0. The van der Waals surface area contributed by atoms with Gasteiger partial charge in [-0.05, 0) is 0 Å². The quantitative estimate of drug-likeness (QED) is 0.385. The van der Waals surface area contributed by atoms with Crippen molar-refractivity contribution in [2.75, 3.05) is 5.73 Å². The zero-order valence-corrected chi connectivity index (χ0v) is 8.00. The SMILES string of the molecule is Nc1nc(O)c(S(N)(=O)=O)c(=O)[nH]1.O.O. The molecule has 0 fully saturated rings. The number of sulfonamides is 1. The lowest BCUT2D eigenvalue weighted by Crippen LogP contribution is -2.24. The minimum atomic E-state index is -4.29. The average molecular weight is 242 g/mol. The number of nitrogens with two attached hydrogens (primary N) is 2. The lowest BCUT2D eigenvalue weighted by Gasteiger charge is -1.99. The first kappa shape index (κ1) is 15.8. The fourth-order valence-corrected chi connectivity index (χ4v) is 1.33. The molecule has 10 N–H and O–H groups in total. The number of nitrogen functional groups attached to an aromatic ring is 1. The first-order valence-corrected chi connectivity index (χ1v) is 4.48. The molecule has 1 aromatic heterocycles. The van der Waals surface area contributed by atoms with Crippen molar-refractivity contribution >= 4 is 16.0 Å². The molecule has 0 unspecified atom stereocenters. The molecule has 0 aromatic carbocycles. The number of nitrogens with one attached hydrogen (secondary N) is 1. The Balaban J connectivity index is 0. The topological polar surface area (TPSA) is 215 Å². The van der Waals surface area contributed by atoms with Crippen LogP contribution in [0, 0.1) is 0 Å². The van der Waals surface area contributed by atoms with Crippen molar-refractivity contribution < 1.29 is 24.5 Å². The third kappa shape index (κ3) is 3.17. The summed E-state index contributed by atoms with van der Waals surface area (Å²) in [5, 5.41) is 13.6. The van der Waals surface area contributed by atoms with Crippen LogP contribution in [-0.4, -0.2) is 34.4 Å². The maximum atomic E-state index is 10.9.